The molecule has 8 heteroatoms. The molecule has 1 heterocycles. The third-order valence-corrected chi connectivity index (χ3v) is 6.38. The summed E-state index contributed by atoms with van der Waals surface area (Å²) in [7, 11) is 1.71. The van der Waals surface area contributed by atoms with Gasteiger partial charge in [-0.25, -0.2) is 4.39 Å². The van der Waals surface area contributed by atoms with E-state index in [1.807, 2.05) is 27.7 Å². The van der Waals surface area contributed by atoms with Crippen LogP contribution in [-0.4, -0.2) is 78.5 Å². The molecular formula is C25H45FN4O3. The first kappa shape index (κ1) is 29.1. The van der Waals surface area contributed by atoms with Crippen molar-refractivity contribution in [3.05, 3.63) is 11.6 Å². The van der Waals surface area contributed by atoms with Gasteiger partial charge >= 0.3 is 0 Å². The van der Waals surface area contributed by atoms with Crippen LogP contribution in [0.25, 0.3) is 0 Å². The first-order chi connectivity index (χ1) is 15.4. The van der Waals surface area contributed by atoms with Gasteiger partial charge in [0.05, 0.1) is 12.1 Å². The zero-order chi connectivity index (χ0) is 25.3. The number of hydrogen-bond acceptors (Lipinski definition) is 4. The van der Waals surface area contributed by atoms with Gasteiger partial charge in [0.2, 0.25) is 17.7 Å². The van der Waals surface area contributed by atoms with Crippen LogP contribution in [0.3, 0.4) is 0 Å². The number of likely N-dealkylation sites (tertiary alicyclic amines) is 1. The van der Waals surface area contributed by atoms with Crippen LogP contribution in [0, 0.1) is 11.8 Å². The van der Waals surface area contributed by atoms with Crippen LogP contribution in [0.15, 0.2) is 11.6 Å². The van der Waals surface area contributed by atoms with Crippen molar-refractivity contribution in [2.24, 2.45) is 11.8 Å². The van der Waals surface area contributed by atoms with E-state index in [4.69, 9.17) is 0 Å². The molecule has 1 aliphatic heterocycles. The van der Waals surface area contributed by atoms with Gasteiger partial charge in [0.1, 0.15) is 12.7 Å². The lowest BCUT2D eigenvalue weighted by Crippen LogP contribution is -2.58. The number of carbonyl (C=O) groups is 3. The molecule has 3 amide bonds. The highest BCUT2D eigenvalue weighted by Crippen LogP contribution is 2.21. The lowest BCUT2D eigenvalue weighted by molar-refractivity contribution is -0.140. The normalized spacial score (nSPS) is 19.5. The molecule has 0 saturated carbocycles. The molecule has 0 radical (unpaired) electrons. The highest BCUT2D eigenvalue weighted by molar-refractivity contribution is 5.93. The second-order valence-corrected chi connectivity index (χ2v) is 10.1. The molecule has 0 aromatic rings. The average Bonchev–Trinajstić information content (AvgIpc) is 2.77. The minimum absolute atomic E-state index is 0.0405. The minimum atomic E-state index is -0.659. The summed E-state index contributed by atoms with van der Waals surface area (Å²) in [4.78, 5) is 42.7. The van der Waals surface area contributed by atoms with Crippen molar-refractivity contribution < 1.29 is 18.8 Å². The maximum absolute atomic E-state index is 13.5. The van der Waals surface area contributed by atoms with Crippen molar-refractivity contribution in [2.75, 3.05) is 26.8 Å². The third-order valence-electron chi connectivity index (χ3n) is 6.38. The van der Waals surface area contributed by atoms with Crippen LogP contribution in [0.4, 0.5) is 4.39 Å². The molecule has 0 aromatic heterocycles. The molecule has 3 atom stereocenters. The lowest BCUT2D eigenvalue weighted by atomic mass is 9.95. The predicted octanol–water partition coefficient (Wildman–Crippen LogP) is 2.91. The third kappa shape index (κ3) is 8.40. The molecule has 1 fully saturated rings. The second kappa shape index (κ2) is 13.7. The quantitative estimate of drug-likeness (QED) is 0.457. The number of alkyl halides is 1. The number of halogens is 1. The van der Waals surface area contributed by atoms with Gasteiger partial charge in [-0.2, -0.15) is 0 Å². The Kier molecular flexibility index (Phi) is 12.0. The summed E-state index contributed by atoms with van der Waals surface area (Å²) < 4.78 is 12.4. The van der Waals surface area contributed by atoms with Gasteiger partial charge in [-0.15, -0.1) is 0 Å². The molecule has 2 N–H and O–H groups in total. The summed E-state index contributed by atoms with van der Waals surface area (Å²) in [6.45, 7) is 13.9. The zero-order valence-corrected chi connectivity index (χ0v) is 21.8. The van der Waals surface area contributed by atoms with Crippen molar-refractivity contribution in [1.82, 2.24) is 20.4 Å². The van der Waals surface area contributed by atoms with Crippen LogP contribution in [0.5, 0.6) is 0 Å². The molecule has 1 saturated heterocycles. The number of piperidine rings is 1. The maximum Gasteiger partial charge on any atom is 0.246 e. The van der Waals surface area contributed by atoms with E-state index in [9.17, 15) is 18.8 Å². The first-order valence-corrected chi connectivity index (χ1v) is 12.3. The monoisotopic (exact) mass is 468 g/mol. The van der Waals surface area contributed by atoms with Crippen molar-refractivity contribution in [2.45, 2.75) is 91.9 Å². The fraction of sp³-hybridized carbons (Fsp3) is 0.800. The van der Waals surface area contributed by atoms with E-state index in [1.54, 1.807) is 24.9 Å². The molecule has 7 nitrogen and oxygen atoms in total. The van der Waals surface area contributed by atoms with Gasteiger partial charge < -0.3 is 15.5 Å². The van der Waals surface area contributed by atoms with Crippen LogP contribution in [0.1, 0.15) is 67.7 Å². The highest BCUT2D eigenvalue weighted by atomic mass is 19.1. The summed E-state index contributed by atoms with van der Waals surface area (Å²) >= 11 is 0. The minimum Gasteiger partial charge on any atom is -0.350 e. The van der Waals surface area contributed by atoms with Crippen molar-refractivity contribution in [1.29, 1.82) is 0 Å². The maximum atomic E-state index is 13.5. The molecule has 0 unspecified atom stereocenters. The largest absolute Gasteiger partial charge is 0.350 e. The van der Waals surface area contributed by atoms with Gasteiger partial charge in [-0.3, -0.25) is 19.3 Å². The first-order valence-electron chi connectivity index (χ1n) is 12.3. The molecule has 1 aliphatic rings. The van der Waals surface area contributed by atoms with Crippen LogP contribution in [0.2, 0.25) is 0 Å². The number of nitrogens with zero attached hydrogens (tertiary/aromatic N) is 2. The Hall–Kier alpha value is -1.96. The Labute approximate surface area is 199 Å². The molecule has 0 aliphatic carbocycles. The number of nitrogens with one attached hydrogen (secondary N) is 2. The van der Waals surface area contributed by atoms with Crippen LogP contribution in [-0.2, 0) is 14.4 Å². The Bertz CT molecular complexity index is 693. The van der Waals surface area contributed by atoms with Crippen molar-refractivity contribution in [3.63, 3.8) is 0 Å². The van der Waals surface area contributed by atoms with Gasteiger partial charge in [-0.1, -0.05) is 40.2 Å². The number of hydrogen-bond donors (Lipinski definition) is 2. The van der Waals surface area contributed by atoms with Gasteiger partial charge in [-0.05, 0) is 52.0 Å². The molecule has 0 bridgehead atoms. The summed E-state index contributed by atoms with van der Waals surface area (Å²) in [6, 6.07) is -0.957. The summed E-state index contributed by atoms with van der Waals surface area (Å²) in [6.07, 6.45) is 4.63. The van der Waals surface area contributed by atoms with Crippen LogP contribution < -0.4 is 10.6 Å². The van der Waals surface area contributed by atoms with Crippen molar-refractivity contribution in [3.8, 4) is 0 Å². The van der Waals surface area contributed by atoms with E-state index < -0.39 is 12.7 Å². The average molecular weight is 469 g/mol. The fourth-order valence-electron chi connectivity index (χ4n) is 4.37. The van der Waals surface area contributed by atoms with Gasteiger partial charge in [0, 0.05) is 25.2 Å². The number of amides is 3. The van der Waals surface area contributed by atoms with E-state index in [-0.39, 0.29) is 54.2 Å². The van der Waals surface area contributed by atoms with Crippen LogP contribution >= 0.6 is 0 Å². The smallest absolute Gasteiger partial charge is 0.246 e. The Morgan fingerprint density at radius 3 is 2.24 bits per heavy atom. The van der Waals surface area contributed by atoms with Gasteiger partial charge in [0.15, 0.2) is 0 Å². The highest BCUT2D eigenvalue weighted by Gasteiger charge is 2.35. The summed E-state index contributed by atoms with van der Waals surface area (Å²) in [5, 5.41) is 5.55. The van der Waals surface area contributed by atoms with E-state index in [2.05, 4.69) is 29.4 Å². The fourth-order valence-corrected chi connectivity index (χ4v) is 4.37. The second-order valence-electron chi connectivity index (χ2n) is 10.1. The van der Waals surface area contributed by atoms with E-state index in [1.165, 1.54) is 0 Å². The Morgan fingerprint density at radius 1 is 1.09 bits per heavy atom. The zero-order valence-electron chi connectivity index (χ0n) is 21.8. The van der Waals surface area contributed by atoms with E-state index in [0.717, 1.165) is 25.8 Å². The summed E-state index contributed by atoms with van der Waals surface area (Å²) in [5.41, 5.74) is 0.432. The number of rotatable bonds is 11. The summed E-state index contributed by atoms with van der Waals surface area (Å²) in [5.74, 6) is -0.676. The number of carbonyl (C=O) groups excluding carboxylic acids is 3. The SMILES string of the molecule is CC(=C[C@H](C(C)C)N(C)C(=O)[C@@H](NC(=O)[C@H]1CCCCN1C(C)C)C(C)C)C(=O)NCCF. The molecule has 0 aromatic carbocycles. The molecule has 1 rings (SSSR count). The molecule has 190 valence electrons. The van der Waals surface area contributed by atoms with Crippen molar-refractivity contribution >= 4 is 17.7 Å². The van der Waals surface area contributed by atoms with E-state index >= 15 is 0 Å². The molecular weight excluding hydrogens is 423 g/mol. The molecule has 33 heavy (non-hydrogen) atoms. The van der Waals surface area contributed by atoms with Gasteiger partial charge in [0.25, 0.3) is 0 Å². The Balaban J connectivity index is 3.03. The standard InChI is InChI=1S/C25H45FN4O3/c1-16(2)21(15-19(7)23(31)27-13-12-26)29(8)25(33)22(17(3)4)28-24(32)20-11-9-10-14-30(20)18(5)6/h15-18,20-22H,9-14H2,1-8H3,(H,27,31)(H,28,32)/t20-,21-,22+/m1/s1. The topological polar surface area (TPSA) is 81.8 Å². The lowest BCUT2D eigenvalue weighted by Gasteiger charge is -2.39. The van der Waals surface area contributed by atoms with E-state index in [0.29, 0.717) is 5.57 Å². The molecule has 0 spiro atoms. The predicted molar refractivity (Wildman–Crippen MR) is 130 cm³/mol. The number of likely N-dealkylation sites (N-methyl/N-ethyl adjacent to an activating group) is 1. The Morgan fingerprint density at radius 2 is 1.73 bits per heavy atom.